The third kappa shape index (κ3) is 6.43. The fourth-order valence-corrected chi connectivity index (χ4v) is 3.74. The summed E-state index contributed by atoms with van der Waals surface area (Å²) in [6.45, 7) is 3.75. The summed E-state index contributed by atoms with van der Waals surface area (Å²) in [6, 6.07) is 10.1. The van der Waals surface area contributed by atoms with E-state index in [1.165, 1.54) is 19.4 Å². The van der Waals surface area contributed by atoms with E-state index in [1.54, 1.807) is 0 Å². The van der Waals surface area contributed by atoms with E-state index >= 15 is 0 Å². The number of amides is 1. The summed E-state index contributed by atoms with van der Waals surface area (Å²) in [5.41, 5.74) is 1.15. The van der Waals surface area contributed by atoms with Crippen molar-refractivity contribution in [2.24, 2.45) is 11.8 Å². The Morgan fingerprint density at radius 1 is 1.17 bits per heavy atom. The quantitative estimate of drug-likeness (QED) is 0.774. The lowest BCUT2D eigenvalue weighted by Crippen LogP contribution is -2.46. The number of fused-ring (bicyclic) bond motifs is 2. The standard InChI is InChI=1S/C18H24N2O2.C2HF3O2/c21-18(19-9-13-4-2-1-3-5-13)16-8-15-11-20(10-14-6-7-14)12-17(16)22-15;3-2(4,5)1(6)7/h1-5,14-17H,6-12H2,(H,19,21);(H,6,7)/t15-,16+,17-;/m1./s1. The third-order valence-electron chi connectivity index (χ3n) is 5.33. The fourth-order valence-electron chi connectivity index (χ4n) is 3.74. The number of halogens is 3. The predicted molar refractivity (Wildman–Crippen MR) is 97.9 cm³/mol. The maximum Gasteiger partial charge on any atom is 0.490 e. The van der Waals surface area contributed by atoms with Crippen LogP contribution in [0.15, 0.2) is 30.3 Å². The van der Waals surface area contributed by atoms with Crippen molar-refractivity contribution >= 4 is 11.9 Å². The van der Waals surface area contributed by atoms with E-state index in [9.17, 15) is 18.0 Å². The summed E-state index contributed by atoms with van der Waals surface area (Å²) in [7, 11) is 0. The van der Waals surface area contributed by atoms with Crippen LogP contribution in [0.2, 0.25) is 0 Å². The number of hydrogen-bond acceptors (Lipinski definition) is 4. The van der Waals surface area contributed by atoms with Crippen LogP contribution in [0.1, 0.15) is 24.8 Å². The van der Waals surface area contributed by atoms with Crippen LogP contribution in [-0.4, -0.2) is 59.9 Å². The number of carboxylic acids is 1. The maximum absolute atomic E-state index is 12.5. The largest absolute Gasteiger partial charge is 0.490 e. The van der Waals surface area contributed by atoms with Gasteiger partial charge in [-0.2, -0.15) is 13.2 Å². The molecule has 0 aromatic heterocycles. The topological polar surface area (TPSA) is 78.9 Å². The molecule has 3 fully saturated rings. The second-order valence-electron chi connectivity index (χ2n) is 7.81. The minimum absolute atomic E-state index is 0.0258. The van der Waals surface area contributed by atoms with Gasteiger partial charge in [0.15, 0.2) is 0 Å². The molecule has 6 nitrogen and oxygen atoms in total. The Labute approximate surface area is 167 Å². The number of alkyl halides is 3. The first-order chi connectivity index (χ1) is 13.7. The lowest BCUT2D eigenvalue weighted by molar-refractivity contribution is -0.192. The molecule has 3 atom stereocenters. The van der Waals surface area contributed by atoms with Crippen LogP contribution in [-0.2, 0) is 20.9 Å². The molecule has 2 bridgehead atoms. The van der Waals surface area contributed by atoms with Crippen LogP contribution >= 0.6 is 0 Å². The molecule has 2 saturated heterocycles. The first-order valence-electron chi connectivity index (χ1n) is 9.72. The van der Waals surface area contributed by atoms with Gasteiger partial charge in [0, 0.05) is 26.2 Å². The van der Waals surface area contributed by atoms with Gasteiger partial charge in [0.1, 0.15) is 0 Å². The number of nitrogens with zero attached hydrogens (tertiary/aromatic N) is 1. The van der Waals surface area contributed by atoms with Gasteiger partial charge in [-0.05, 0) is 30.7 Å². The lowest BCUT2D eigenvalue weighted by Gasteiger charge is -2.32. The first-order valence-corrected chi connectivity index (χ1v) is 9.72. The molecule has 3 aliphatic rings. The van der Waals surface area contributed by atoms with Gasteiger partial charge in [-0.15, -0.1) is 0 Å². The number of carbonyl (C=O) groups excluding carboxylic acids is 1. The second kappa shape index (κ2) is 9.13. The van der Waals surface area contributed by atoms with Crippen molar-refractivity contribution in [3.05, 3.63) is 35.9 Å². The zero-order chi connectivity index (χ0) is 21.0. The predicted octanol–water partition coefficient (Wildman–Crippen LogP) is 2.44. The Kier molecular flexibility index (Phi) is 6.79. The van der Waals surface area contributed by atoms with Crippen molar-refractivity contribution in [2.45, 2.75) is 44.2 Å². The molecule has 4 rings (SSSR count). The van der Waals surface area contributed by atoms with Crippen LogP contribution in [0, 0.1) is 11.8 Å². The monoisotopic (exact) mass is 414 g/mol. The fraction of sp³-hybridized carbons (Fsp3) is 0.600. The van der Waals surface area contributed by atoms with E-state index in [0.29, 0.717) is 6.54 Å². The van der Waals surface area contributed by atoms with Crippen molar-refractivity contribution in [2.75, 3.05) is 19.6 Å². The highest BCUT2D eigenvalue weighted by atomic mass is 19.4. The number of carbonyl (C=O) groups is 2. The molecule has 1 aromatic carbocycles. The van der Waals surface area contributed by atoms with E-state index in [1.807, 2.05) is 30.3 Å². The number of ether oxygens (including phenoxy) is 1. The molecule has 1 saturated carbocycles. The van der Waals surface area contributed by atoms with E-state index in [2.05, 4.69) is 10.2 Å². The van der Waals surface area contributed by atoms with E-state index in [4.69, 9.17) is 14.6 Å². The Balaban J connectivity index is 0.000000298. The number of likely N-dealkylation sites (tertiary alicyclic amines) is 1. The molecule has 2 N–H and O–H groups in total. The number of nitrogens with one attached hydrogen (secondary N) is 1. The number of aliphatic carboxylic acids is 1. The van der Waals surface area contributed by atoms with E-state index in [0.717, 1.165) is 31.0 Å². The zero-order valence-electron chi connectivity index (χ0n) is 15.9. The van der Waals surface area contributed by atoms with E-state index < -0.39 is 12.1 Å². The third-order valence-corrected chi connectivity index (χ3v) is 5.33. The average Bonchev–Trinajstić information content (AvgIpc) is 3.43. The summed E-state index contributed by atoms with van der Waals surface area (Å²) in [4.78, 5) is 23.9. The molecule has 29 heavy (non-hydrogen) atoms. The molecule has 0 unspecified atom stereocenters. The van der Waals surface area contributed by atoms with Crippen molar-refractivity contribution in [1.82, 2.24) is 10.2 Å². The SMILES string of the molecule is O=C(NCc1ccccc1)[C@H]1C[C@@H]2CN(CC3CC3)C[C@H]1O2.O=C(O)C(F)(F)F. The average molecular weight is 414 g/mol. The minimum Gasteiger partial charge on any atom is -0.475 e. The van der Waals surface area contributed by atoms with Crippen LogP contribution in [0.25, 0.3) is 0 Å². The van der Waals surface area contributed by atoms with Crippen molar-refractivity contribution in [1.29, 1.82) is 0 Å². The van der Waals surface area contributed by atoms with Gasteiger partial charge < -0.3 is 15.2 Å². The van der Waals surface area contributed by atoms with E-state index in [-0.39, 0.29) is 24.0 Å². The molecule has 1 amide bonds. The van der Waals surface area contributed by atoms with Crippen LogP contribution in [0.5, 0.6) is 0 Å². The number of carboxylic acid groups (broad SMARTS) is 1. The maximum atomic E-state index is 12.5. The second-order valence-corrected chi connectivity index (χ2v) is 7.81. The molecule has 0 spiro atoms. The summed E-state index contributed by atoms with van der Waals surface area (Å²) in [5.74, 6) is -1.67. The van der Waals surface area contributed by atoms with Crippen molar-refractivity contribution in [3.63, 3.8) is 0 Å². The van der Waals surface area contributed by atoms with Gasteiger partial charge in [0.05, 0.1) is 18.1 Å². The molecule has 2 aliphatic heterocycles. The summed E-state index contributed by atoms with van der Waals surface area (Å²) in [6.07, 6.45) is -1.09. The molecular formula is C20H25F3N2O4. The van der Waals surface area contributed by atoms with Crippen LogP contribution in [0.3, 0.4) is 0 Å². The van der Waals surface area contributed by atoms with Crippen LogP contribution < -0.4 is 5.32 Å². The van der Waals surface area contributed by atoms with Gasteiger partial charge in [-0.25, -0.2) is 4.79 Å². The molecular weight excluding hydrogens is 389 g/mol. The first kappa shape index (κ1) is 21.6. The number of hydrogen-bond donors (Lipinski definition) is 2. The highest BCUT2D eigenvalue weighted by molar-refractivity contribution is 5.79. The summed E-state index contributed by atoms with van der Waals surface area (Å²) in [5, 5.41) is 10.2. The molecule has 1 aliphatic carbocycles. The normalized spacial score (nSPS) is 26.4. The number of rotatable bonds is 5. The molecule has 0 radical (unpaired) electrons. The molecule has 9 heteroatoms. The van der Waals surface area contributed by atoms with Crippen LogP contribution in [0.4, 0.5) is 13.2 Å². The zero-order valence-corrected chi connectivity index (χ0v) is 15.9. The van der Waals surface area contributed by atoms with Crippen molar-refractivity contribution in [3.8, 4) is 0 Å². The number of benzene rings is 1. The molecule has 1 aromatic rings. The van der Waals surface area contributed by atoms with Gasteiger partial charge in [-0.1, -0.05) is 30.3 Å². The Bertz CT molecular complexity index is 709. The Hall–Kier alpha value is -2.13. The Morgan fingerprint density at radius 3 is 2.41 bits per heavy atom. The van der Waals surface area contributed by atoms with Crippen molar-refractivity contribution < 1.29 is 32.6 Å². The van der Waals surface area contributed by atoms with Gasteiger partial charge in [0.2, 0.25) is 5.91 Å². The van der Waals surface area contributed by atoms with Gasteiger partial charge in [-0.3, -0.25) is 9.69 Å². The molecule has 2 heterocycles. The minimum atomic E-state index is -5.08. The highest BCUT2D eigenvalue weighted by Crippen LogP contribution is 2.35. The Morgan fingerprint density at radius 2 is 1.83 bits per heavy atom. The number of morpholine rings is 1. The lowest BCUT2D eigenvalue weighted by atomic mass is 9.99. The molecule has 160 valence electrons. The summed E-state index contributed by atoms with van der Waals surface area (Å²) >= 11 is 0. The highest BCUT2D eigenvalue weighted by Gasteiger charge is 2.45. The summed E-state index contributed by atoms with van der Waals surface area (Å²) < 4.78 is 37.7. The smallest absolute Gasteiger partial charge is 0.475 e. The van der Waals surface area contributed by atoms with Gasteiger partial charge >= 0.3 is 12.1 Å². The van der Waals surface area contributed by atoms with Gasteiger partial charge in [0.25, 0.3) is 0 Å².